The van der Waals surface area contributed by atoms with E-state index in [2.05, 4.69) is 65.3 Å². The minimum atomic E-state index is 0.651. The monoisotopic (exact) mass is 262 g/mol. The van der Waals surface area contributed by atoms with Crippen LogP contribution in [0.25, 0.3) is 5.57 Å². The van der Waals surface area contributed by atoms with E-state index < -0.39 is 0 Å². The first-order valence-corrected chi connectivity index (χ1v) is 6.44. The van der Waals surface area contributed by atoms with Gasteiger partial charge in [0.15, 0.2) is 0 Å². The fourth-order valence-electron chi connectivity index (χ4n) is 2.04. The SMILES string of the molecule is CC1C=C(CBr)C=C(c2ccccc2)C1. The molecule has 0 aromatic heterocycles. The molecular formula is C14H15Br. The number of hydrogen-bond acceptors (Lipinski definition) is 0. The van der Waals surface area contributed by atoms with Crippen LogP contribution < -0.4 is 0 Å². The van der Waals surface area contributed by atoms with Gasteiger partial charge in [0, 0.05) is 5.33 Å². The van der Waals surface area contributed by atoms with Crippen molar-refractivity contribution in [2.45, 2.75) is 13.3 Å². The Bertz CT molecular complexity index is 387. The Morgan fingerprint density at radius 3 is 2.67 bits per heavy atom. The summed E-state index contributed by atoms with van der Waals surface area (Å²) < 4.78 is 0. The minimum absolute atomic E-state index is 0.651. The number of rotatable bonds is 2. The predicted molar refractivity (Wildman–Crippen MR) is 70.1 cm³/mol. The molecule has 1 aromatic carbocycles. The lowest BCUT2D eigenvalue weighted by atomic mass is 9.88. The number of allylic oxidation sites excluding steroid dienone is 4. The Labute approximate surface area is 99.8 Å². The first-order chi connectivity index (χ1) is 7.29. The molecule has 0 nitrogen and oxygen atoms in total. The van der Waals surface area contributed by atoms with Crippen LogP contribution in [0.15, 0.2) is 48.1 Å². The second-order valence-corrected chi connectivity index (χ2v) is 4.65. The molecule has 0 radical (unpaired) electrons. The molecule has 78 valence electrons. The van der Waals surface area contributed by atoms with E-state index in [1.54, 1.807) is 0 Å². The van der Waals surface area contributed by atoms with Crippen molar-refractivity contribution >= 4 is 21.5 Å². The van der Waals surface area contributed by atoms with E-state index in [1.165, 1.54) is 16.7 Å². The maximum absolute atomic E-state index is 3.53. The summed E-state index contributed by atoms with van der Waals surface area (Å²) in [6.45, 7) is 2.28. The highest BCUT2D eigenvalue weighted by Gasteiger charge is 2.11. The Kier molecular flexibility index (Phi) is 3.42. The molecule has 1 aromatic rings. The zero-order chi connectivity index (χ0) is 10.7. The fraction of sp³-hybridized carbons (Fsp3) is 0.286. The Morgan fingerprint density at radius 1 is 1.27 bits per heavy atom. The quantitative estimate of drug-likeness (QED) is 0.692. The van der Waals surface area contributed by atoms with Crippen molar-refractivity contribution in [1.29, 1.82) is 0 Å². The van der Waals surface area contributed by atoms with Gasteiger partial charge in [0.2, 0.25) is 0 Å². The number of hydrogen-bond donors (Lipinski definition) is 0. The summed E-state index contributed by atoms with van der Waals surface area (Å²) in [5.41, 5.74) is 4.21. The van der Waals surface area contributed by atoms with Gasteiger partial charge in [0.05, 0.1) is 0 Å². The lowest BCUT2D eigenvalue weighted by Crippen LogP contribution is -2.01. The molecule has 1 aliphatic rings. The summed E-state index contributed by atoms with van der Waals surface area (Å²) in [6, 6.07) is 10.7. The zero-order valence-corrected chi connectivity index (χ0v) is 10.5. The van der Waals surface area contributed by atoms with Crippen molar-refractivity contribution in [3.8, 4) is 0 Å². The van der Waals surface area contributed by atoms with Crippen LogP contribution >= 0.6 is 15.9 Å². The van der Waals surface area contributed by atoms with Crippen molar-refractivity contribution in [2.75, 3.05) is 5.33 Å². The molecule has 0 N–H and O–H groups in total. The topological polar surface area (TPSA) is 0 Å². The van der Waals surface area contributed by atoms with Crippen molar-refractivity contribution in [3.05, 3.63) is 53.6 Å². The van der Waals surface area contributed by atoms with Gasteiger partial charge < -0.3 is 0 Å². The zero-order valence-electron chi connectivity index (χ0n) is 8.91. The molecule has 0 aliphatic heterocycles. The van der Waals surface area contributed by atoms with E-state index in [9.17, 15) is 0 Å². The third kappa shape index (κ3) is 2.60. The highest BCUT2D eigenvalue weighted by Crippen LogP contribution is 2.30. The van der Waals surface area contributed by atoms with E-state index >= 15 is 0 Å². The van der Waals surface area contributed by atoms with E-state index in [4.69, 9.17) is 0 Å². The number of alkyl halides is 1. The molecule has 1 unspecified atom stereocenters. The maximum atomic E-state index is 3.53. The molecule has 0 spiro atoms. The van der Waals surface area contributed by atoms with E-state index in [0.717, 1.165) is 11.8 Å². The van der Waals surface area contributed by atoms with Gasteiger partial charge in [-0.15, -0.1) is 0 Å². The molecule has 2 rings (SSSR count). The molecule has 0 amide bonds. The summed E-state index contributed by atoms with van der Waals surface area (Å²) in [4.78, 5) is 0. The van der Waals surface area contributed by atoms with Crippen LogP contribution in [0.1, 0.15) is 18.9 Å². The smallest absolute Gasteiger partial charge is 0.0280 e. The van der Waals surface area contributed by atoms with Crippen LogP contribution in [0.5, 0.6) is 0 Å². The third-order valence-corrected chi connectivity index (χ3v) is 3.35. The molecule has 1 heteroatoms. The lowest BCUT2D eigenvalue weighted by Gasteiger charge is -2.18. The van der Waals surface area contributed by atoms with Gasteiger partial charge in [-0.3, -0.25) is 0 Å². The van der Waals surface area contributed by atoms with Gasteiger partial charge in [-0.1, -0.05) is 65.3 Å². The Balaban J connectivity index is 2.31. The summed E-state index contributed by atoms with van der Waals surface area (Å²) in [7, 11) is 0. The largest absolute Gasteiger partial charge is 0.0876 e. The van der Waals surface area contributed by atoms with Crippen molar-refractivity contribution in [3.63, 3.8) is 0 Å². The van der Waals surface area contributed by atoms with E-state index in [0.29, 0.717) is 5.92 Å². The first kappa shape index (κ1) is 10.7. The van der Waals surface area contributed by atoms with Crippen LogP contribution in [-0.4, -0.2) is 5.33 Å². The van der Waals surface area contributed by atoms with Crippen LogP contribution in [0.2, 0.25) is 0 Å². The van der Waals surface area contributed by atoms with Crippen LogP contribution in [-0.2, 0) is 0 Å². The van der Waals surface area contributed by atoms with Gasteiger partial charge in [0.1, 0.15) is 0 Å². The molecular weight excluding hydrogens is 248 g/mol. The molecule has 0 heterocycles. The molecule has 0 saturated carbocycles. The van der Waals surface area contributed by atoms with Crippen LogP contribution in [0.3, 0.4) is 0 Å². The average Bonchev–Trinajstić information content (AvgIpc) is 2.29. The summed E-state index contributed by atoms with van der Waals surface area (Å²) in [5.74, 6) is 0.651. The summed E-state index contributed by atoms with van der Waals surface area (Å²) in [6.07, 6.45) is 5.81. The highest BCUT2D eigenvalue weighted by molar-refractivity contribution is 9.09. The summed E-state index contributed by atoms with van der Waals surface area (Å²) in [5, 5.41) is 0.952. The fourth-order valence-corrected chi connectivity index (χ4v) is 2.39. The Hall–Kier alpha value is -0.820. The average molecular weight is 263 g/mol. The molecule has 0 bridgehead atoms. The molecule has 1 atom stereocenters. The highest BCUT2D eigenvalue weighted by atomic mass is 79.9. The first-order valence-electron chi connectivity index (χ1n) is 5.32. The molecule has 1 aliphatic carbocycles. The molecule has 15 heavy (non-hydrogen) atoms. The molecule has 0 saturated heterocycles. The normalized spacial score (nSPS) is 20.8. The van der Waals surface area contributed by atoms with E-state index in [1.807, 2.05) is 0 Å². The maximum Gasteiger partial charge on any atom is 0.0280 e. The second-order valence-electron chi connectivity index (χ2n) is 4.09. The van der Waals surface area contributed by atoms with Gasteiger partial charge in [-0.25, -0.2) is 0 Å². The minimum Gasteiger partial charge on any atom is -0.0876 e. The molecule has 0 fully saturated rings. The second kappa shape index (κ2) is 4.80. The summed E-state index contributed by atoms with van der Waals surface area (Å²) >= 11 is 3.53. The number of benzene rings is 1. The van der Waals surface area contributed by atoms with Crippen LogP contribution in [0, 0.1) is 5.92 Å². The third-order valence-electron chi connectivity index (χ3n) is 2.70. The van der Waals surface area contributed by atoms with Gasteiger partial charge in [0.25, 0.3) is 0 Å². The van der Waals surface area contributed by atoms with E-state index in [-0.39, 0.29) is 0 Å². The van der Waals surface area contributed by atoms with Crippen LogP contribution in [0.4, 0.5) is 0 Å². The van der Waals surface area contributed by atoms with Crippen molar-refractivity contribution < 1.29 is 0 Å². The standard InChI is InChI=1S/C14H15Br/c1-11-7-12(10-15)9-14(8-11)13-5-3-2-4-6-13/h2-7,9,11H,8,10H2,1H3. The van der Waals surface area contributed by atoms with Gasteiger partial charge >= 0.3 is 0 Å². The predicted octanol–water partition coefficient (Wildman–Crippen LogP) is 4.43. The lowest BCUT2D eigenvalue weighted by molar-refractivity contribution is 0.742. The number of halogens is 1. The van der Waals surface area contributed by atoms with Gasteiger partial charge in [-0.2, -0.15) is 0 Å². The van der Waals surface area contributed by atoms with Crippen molar-refractivity contribution in [2.24, 2.45) is 5.92 Å². The van der Waals surface area contributed by atoms with Crippen molar-refractivity contribution in [1.82, 2.24) is 0 Å². The van der Waals surface area contributed by atoms with Gasteiger partial charge in [-0.05, 0) is 29.0 Å². The Morgan fingerprint density at radius 2 is 2.00 bits per heavy atom.